The normalized spacial score (nSPS) is 16.0. The van der Waals surface area contributed by atoms with Gasteiger partial charge in [0.05, 0.1) is 5.52 Å². The lowest BCUT2D eigenvalue weighted by molar-refractivity contribution is 0.319. The maximum atomic E-state index is 12.8. The summed E-state index contributed by atoms with van der Waals surface area (Å²) in [5.74, 6) is 0.479. The Morgan fingerprint density at radius 3 is 2.71 bits per heavy atom. The van der Waals surface area contributed by atoms with E-state index in [2.05, 4.69) is 4.98 Å². The molecule has 0 amide bonds. The minimum atomic E-state index is -0.482. The Morgan fingerprint density at radius 1 is 1.17 bits per heavy atom. The molecule has 0 N–H and O–H groups in total. The fourth-order valence-electron chi connectivity index (χ4n) is 3.81. The van der Waals surface area contributed by atoms with E-state index in [1.54, 1.807) is 17.6 Å². The van der Waals surface area contributed by atoms with E-state index in [0.717, 1.165) is 18.2 Å². The highest BCUT2D eigenvalue weighted by Gasteiger charge is 2.20. The van der Waals surface area contributed by atoms with Gasteiger partial charge in [0.25, 0.3) is 5.56 Å². The number of aromatic nitrogens is 2. The molecule has 0 saturated heterocycles. The number of nitrogens with zero attached hydrogens (tertiary/aromatic N) is 2. The van der Waals surface area contributed by atoms with E-state index < -0.39 is 5.63 Å². The largest absolute Gasteiger partial charge is 0.421 e. The molecule has 4 rings (SSSR count). The van der Waals surface area contributed by atoms with Crippen molar-refractivity contribution in [2.45, 2.75) is 45.6 Å². The lowest BCUT2D eigenvalue weighted by Crippen LogP contribution is -2.29. The van der Waals surface area contributed by atoms with Crippen LogP contribution in [0.2, 0.25) is 0 Å². The summed E-state index contributed by atoms with van der Waals surface area (Å²) in [5.41, 5.74) is 1.12. The summed E-state index contributed by atoms with van der Waals surface area (Å²) in [6, 6.07) is 7.35. The summed E-state index contributed by atoms with van der Waals surface area (Å²) in [4.78, 5) is 29.4. The fourth-order valence-corrected chi connectivity index (χ4v) is 3.81. The van der Waals surface area contributed by atoms with Crippen molar-refractivity contribution in [3.8, 4) is 0 Å². The van der Waals surface area contributed by atoms with Crippen LogP contribution in [0.1, 0.15) is 37.8 Å². The molecule has 2 heterocycles. The zero-order valence-corrected chi connectivity index (χ0v) is 13.7. The molecule has 24 heavy (non-hydrogen) atoms. The molecule has 5 heteroatoms. The maximum Gasteiger partial charge on any atom is 0.364 e. The highest BCUT2D eigenvalue weighted by atomic mass is 16.4. The Kier molecular flexibility index (Phi) is 3.71. The molecule has 1 saturated carbocycles. The van der Waals surface area contributed by atoms with Crippen molar-refractivity contribution in [2.75, 3.05) is 0 Å². The van der Waals surface area contributed by atoms with E-state index in [9.17, 15) is 9.59 Å². The molecule has 0 atom stereocenters. The molecule has 5 nitrogen and oxygen atoms in total. The highest BCUT2D eigenvalue weighted by molar-refractivity contribution is 6.00. The molecule has 1 aliphatic rings. The van der Waals surface area contributed by atoms with Gasteiger partial charge in [-0.3, -0.25) is 4.79 Å². The van der Waals surface area contributed by atoms with Gasteiger partial charge in [-0.15, -0.1) is 0 Å². The van der Waals surface area contributed by atoms with Crippen LogP contribution in [0.5, 0.6) is 0 Å². The molecule has 0 radical (unpaired) electrons. The molecule has 0 aliphatic heterocycles. The van der Waals surface area contributed by atoms with Crippen molar-refractivity contribution in [1.82, 2.24) is 9.55 Å². The second kappa shape index (κ2) is 5.89. The topological polar surface area (TPSA) is 65.1 Å². The summed E-state index contributed by atoms with van der Waals surface area (Å²) in [7, 11) is 0. The van der Waals surface area contributed by atoms with E-state index in [1.807, 2.05) is 18.2 Å². The van der Waals surface area contributed by atoms with Crippen LogP contribution in [0.4, 0.5) is 0 Å². The van der Waals surface area contributed by atoms with Crippen molar-refractivity contribution < 1.29 is 4.42 Å². The first kappa shape index (κ1) is 15.1. The minimum absolute atomic E-state index is 0.108. The molecule has 1 fully saturated rings. The molecule has 0 unspecified atom stereocenters. The van der Waals surface area contributed by atoms with Crippen molar-refractivity contribution in [3.05, 3.63) is 50.7 Å². The second-order valence-electron chi connectivity index (χ2n) is 6.70. The Bertz CT molecular complexity index is 1030. The molecule has 0 spiro atoms. The predicted molar refractivity (Wildman–Crippen MR) is 93.4 cm³/mol. The number of hydrogen-bond donors (Lipinski definition) is 0. The molecule has 1 aromatic carbocycles. The lowest BCUT2D eigenvalue weighted by Gasteiger charge is -2.23. The summed E-state index contributed by atoms with van der Waals surface area (Å²) in [6.07, 6.45) is 5.96. The SMILES string of the molecule is Cc1nc2c(=O)oc3ccccc3c2n(CC2CCCCC2)c1=O. The van der Waals surface area contributed by atoms with Gasteiger partial charge in [-0.1, -0.05) is 31.4 Å². The van der Waals surface area contributed by atoms with Crippen LogP contribution >= 0.6 is 0 Å². The van der Waals surface area contributed by atoms with Crippen LogP contribution < -0.4 is 11.2 Å². The van der Waals surface area contributed by atoms with Gasteiger partial charge in [0.2, 0.25) is 0 Å². The number of rotatable bonds is 2. The fraction of sp³-hybridized carbons (Fsp3) is 0.421. The van der Waals surface area contributed by atoms with Gasteiger partial charge in [0.15, 0.2) is 5.52 Å². The third-order valence-electron chi connectivity index (χ3n) is 5.03. The number of fused-ring (bicyclic) bond motifs is 3. The Morgan fingerprint density at radius 2 is 1.92 bits per heavy atom. The summed E-state index contributed by atoms with van der Waals surface area (Å²) in [5, 5.41) is 0.771. The van der Waals surface area contributed by atoms with E-state index in [4.69, 9.17) is 4.42 Å². The zero-order chi connectivity index (χ0) is 16.7. The Labute approximate surface area is 138 Å². The number of aryl methyl sites for hydroxylation is 1. The first-order chi connectivity index (χ1) is 11.6. The number of benzene rings is 1. The number of para-hydroxylation sites is 1. The van der Waals surface area contributed by atoms with E-state index >= 15 is 0 Å². The highest BCUT2D eigenvalue weighted by Crippen LogP contribution is 2.27. The zero-order valence-electron chi connectivity index (χ0n) is 13.7. The standard InChI is InChI=1S/C19H20N2O3/c1-12-18(22)21(11-13-7-3-2-4-8-13)17-14-9-5-6-10-15(14)24-19(23)16(17)20-12/h5-6,9-10,13H,2-4,7-8,11H2,1H3. The molecule has 1 aliphatic carbocycles. The van der Waals surface area contributed by atoms with Crippen LogP contribution in [0.3, 0.4) is 0 Å². The van der Waals surface area contributed by atoms with Crippen LogP contribution in [0.25, 0.3) is 22.0 Å². The second-order valence-corrected chi connectivity index (χ2v) is 6.70. The lowest BCUT2D eigenvalue weighted by atomic mass is 9.89. The summed E-state index contributed by atoms with van der Waals surface area (Å²) >= 11 is 0. The molecular weight excluding hydrogens is 304 g/mol. The average Bonchev–Trinajstić information content (AvgIpc) is 2.60. The first-order valence-electron chi connectivity index (χ1n) is 8.58. The third kappa shape index (κ3) is 2.44. The van der Waals surface area contributed by atoms with Gasteiger partial charge in [0.1, 0.15) is 11.3 Å². The van der Waals surface area contributed by atoms with Gasteiger partial charge in [-0.05, 0) is 37.8 Å². The van der Waals surface area contributed by atoms with Crippen molar-refractivity contribution in [2.24, 2.45) is 5.92 Å². The van der Waals surface area contributed by atoms with Crippen LogP contribution in [-0.2, 0) is 6.54 Å². The molecule has 124 valence electrons. The maximum absolute atomic E-state index is 12.8. The summed E-state index contributed by atoms with van der Waals surface area (Å²) in [6.45, 7) is 2.31. The molecule has 2 aromatic heterocycles. The molecular formula is C19H20N2O3. The molecule has 0 bridgehead atoms. The Hall–Kier alpha value is -2.43. The first-order valence-corrected chi connectivity index (χ1v) is 8.58. The van der Waals surface area contributed by atoms with Gasteiger partial charge >= 0.3 is 5.63 Å². The summed E-state index contributed by atoms with van der Waals surface area (Å²) < 4.78 is 7.14. The monoisotopic (exact) mass is 324 g/mol. The van der Waals surface area contributed by atoms with Crippen LogP contribution in [0, 0.1) is 12.8 Å². The quantitative estimate of drug-likeness (QED) is 0.535. The minimum Gasteiger partial charge on any atom is -0.421 e. The van der Waals surface area contributed by atoms with E-state index in [-0.39, 0.29) is 11.1 Å². The van der Waals surface area contributed by atoms with Crippen molar-refractivity contribution in [1.29, 1.82) is 0 Å². The predicted octanol–water partition coefficient (Wildman–Crippen LogP) is 3.39. The van der Waals surface area contributed by atoms with E-state index in [1.165, 1.54) is 19.3 Å². The van der Waals surface area contributed by atoms with Crippen molar-refractivity contribution >= 4 is 22.0 Å². The van der Waals surface area contributed by atoms with Crippen LogP contribution in [-0.4, -0.2) is 9.55 Å². The van der Waals surface area contributed by atoms with Gasteiger partial charge in [0, 0.05) is 11.9 Å². The van der Waals surface area contributed by atoms with Crippen molar-refractivity contribution in [3.63, 3.8) is 0 Å². The number of hydrogen-bond acceptors (Lipinski definition) is 4. The smallest absolute Gasteiger partial charge is 0.364 e. The average molecular weight is 324 g/mol. The Balaban J connectivity index is 2.04. The van der Waals surface area contributed by atoms with E-state index in [0.29, 0.717) is 29.3 Å². The van der Waals surface area contributed by atoms with Crippen LogP contribution in [0.15, 0.2) is 38.3 Å². The molecule has 3 aromatic rings. The third-order valence-corrected chi connectivity index (χ3v) is 5.03. The van der Waals surface area contributed by atoms with Gasteiger partial charge in [-0.25, -0.2) is 9.78 Å². The van der Waals surface area contributed by atoms with Gasteiger partial charge < -0.3 is 8.98 Å². The van der Waals surface area contributed by atoms with Gasteiger partial charge in [-0.2, -0.15) is 0 Å².